The van der Waals surface area contributed by atoms with Gasteiger partial charge in [0, 0.05) is 11.5 Å². The molecule has 0 aromatic rings. The number of hydrogen-bond donors (Lipinski definition) is 0. The molecule has 0 aliphatic heterocycles. The Bertz CT molecular complexity index is 93.8. The van der Waals surface area contributed by atoms with Gasteiger partial charge in [-0.25, -0.2) is 0 Å². The van der Waals surface area contributed by atoms with Crippen molar-refractivity contribution >= 4 is 0 Å². The average Bonchev–Trinajstić information content (AvgIpc) is 1.83. The van der Waals surface area contributed by atoms with Gasteiger partial charge in [-0.2, -0.15) is 0 Å². The topological polar surface area (TPSA) is 48.8 Å². The van der Waals surface area contributed by atoms with E-state index in [4.69, 9.17) is 5.53 Å². The van der Waals surface area contributed by atoms with Crippen LogP contribution in [0.3, 0.4) is 0 Å². The lowest BCUT2D eigenvalue weighted by Crippen LogP contribution is -1.94. The molecule has 0 spiro atoms. The van der Waals surface area contributed by atoms with Crippen molar-refractivity contribution in [2.24, 2.45) is 11.0 Å². The first-order valence-electron chi connectivity index (χ1n) is 2.82. The molecule has 0 radical (unpaired) electrons. The second kappa shape index (κ2) is 4.47. The molecule has 3 heteroatoms. The third-order valence-electron chi connectivity index (χ3n) is 1.15. The van der Waals surface area contributed by atoms with Crippen LogP contribution in [0.4, 0.5) is 0 Å². The van der Waals surface area contributed by atoms with Gasteiger partial charge in [0.1, 0.15) is 0 Å². The van der Waals surface area contributed by atoms with Gasteiger partial charge in [-0.15, -0.1) is 0 Å². The molecule has 1 atom stereocenters. The van der Waals surface area contributed by atoms with Crippen LogP contribution >= 0.6 is 0 Å². The molecule has 0 aliphatic rings. The molecule has 0 aromatic heterocycles. The van der Waals surface area contributed by atoms with E-state index >= 15 is 0 Å². The summed E-state index contributed by atoms with van der Waals surface area (Å²) in [7, 11) is 0. The lowest BCUT2D eigenvalue weighted by atomic mass is 10.1. The molecule has 3 nitrogen and oxygen atoms in total. The van der Waals surface area contributed by atoms with E-state index in [2.05, 4.69) is 23.9 Å². The van der Waals surface area contributed by atoms with Crippen LogP contribution in [0.5, 0.6) is 0 Å². The Morgan fingerprint density at radius 2 is 2.38 bits per heavy atom. The molecular weight excluding hydrogens is 102 g/mol. The van der Waals surface area contributed by atoms with Crippen LogP contribution in [0.15, 0.2) is 5.11 Å². The fourth-order valence-corrected chi connectivity index (χ4v) is 0.305. The summed E-state index contributed by atoms with van der Waals surface area (Å²) in [6.07, 6.45) is 1.08. The van der Waals surface area contributed by atoms with Crippen molar-refractivity contribution in [1.29, 1.82) is 0 Å². The average molecular weight is 113 g/mol. The summed E-state index contributed by atoms with van der Waals surface area (Å²) in [5.74, 6) is 0.533. The Labute approximate surface area is 49.3 Å². The zero-order valence-corrected chi connectivity index (χ0v) is 5.33. The van der Waals surface area contributed by atoms with Crippen molar-refractivity contribution in [3.8, 4) is 0 Å². The van der Waals surface area contributed by atoms with Crippen molar-refractivity contribution in [3.63, 3.8) is 0 Å². The molecule has 8 heavy (non-hydrogen) atoms. The molecule has 0 saturated heterocycles. The molecular formula is C5H11N3. The summed E-state index contributed by atoms with van der Waals surface area (Å²) in [6, 6.07) is 0. The SMILES string of the molecule is CC[C@H](C)CN=[N+]=[N-]. The molecule has 0 fully saturated rings. The summed E-state index contributed by atoms with van der Waals surface area (Å²) >= 11 is 0. The molecule has 0 heterocycles. The molecule has 0 unspecified atom stereocenters. The van der Waals surface area contributed by atoms with Crippen LogP contribution in [0, 0.1) is 5.92 Å². The summed E-state index contributed by atoms with van der Waals surface area (Å²) in [5.41, 5.74) is 7.87. The fourth-order valence-electron chi connectivity index (χ4n) is 0.305. The normalized spacial score (nSPS) is 12.2. The van der Waals surface area contributed by atoms with Gasteiger partial charge in [-0.3, -0.25) is 0 Å². The van der Waals surface area contributed by atoms with Gasteiger partial charge in [0.05, 0.1) is 0 Å². The monoisotopic (exact) mass is 113 g/mol. The Morgan fingerprint density at radius 1 is 1.75 bits per heavy atom. The number of hydrogen-bond acceptors (Lipinski definition) is 1. The zero-order valence-electron chi connectivity index (χ0n) is 5.33. The second-order valence-electron chi connectivity index (χ2n) is 1.93. The van der Waals surface area contributed by atoms with E-state index in [9.17, 15) is 0 Å². The van der Waals surface area contributed by atoms with E-state index in [1.54, 1.807) is 0 Å². The highest BCUT2D eigenvalue weighted by Crippen LogP contribution is 1.99. The van der Waals surface area contributed by atoms with Gasteiger partial charge < -0.3 is 0 Å². The first-order chi connectivity index (χ1) is 3.81. The van der Waals surface area contributed by atoms with E-state index < -0.39 is 0 Å². The molecule has 0 rings (SSSR count). The molecule has 0 amide bonds. The predicted molar refractivity (Wildman–Crippen MR) is 33.5 cm³/mol. The van der Waals surface area contributed by atoms with Gasteiger partial charge in [-0.1, -0.05) is 25.4 Å². The smallest absolute Gasteiger partial charge is 0.0283 e. The highest BCUT2D eigenvalue weighted by atomic mass is 15.1. The van der Waals surface area contributed by atoms with E-state index in [0.29, 0.717) is 12.5 Å². The molecule has 0 aliphatic carbocycles. The second-order valence-corrected chi connectivity index (χ2v) is 1.93. The Kier molecular flexibility index (Phi) is 4.08. The molecule has 0 saturated carbocycles. The maximum Gasteiger partial charge on any atom is 0.0283 e. The first-order valence-corrected chi connectivity index (χ1v) is 2.82. The minimum absolute atomic E-state index is 0.533. The van der Waals surface area contributed by atoms with Gasteiger partial charge >= 0.3 is 0 Å². The van der Waals surface area contributed by atoms with E-state index in [1.807, 2.05) is 0 Å². The minimum Gasteiger partial charge on any atom is -0.0937 e. The Balaban J connectivity index is 3.23. The standard InChI is InChI=1S/C5H11N3/c1-3-5(2)4-7-8-6/h5H,3-4H2,1-2H3/t5-/m0/s1. The highest BCUT2D eigenvalue weighted by Gasteiger charge is 1.92. The molecule has 46 valence electrons. The van der Waals surface area contributed by atoms with Crippen LogP contribution in [0.25, 0.3) is 10.4 Å². The van der Waals surface area contributed by atoms with Crippen LogP contribution < -0.4 is 0 Å². The highest BCUT2D eigenvalue weighted by molar-refractivity contribution is 4.53. The summed E-state index contributed by atoms with van der Waals surface area (Å²) in [4.78, 5) is 2.65. The molecule has 0 bridgehead atoms. The molecule has 0 aromatic carbocycles. The van der Waals surface area contributed by atoms with Gasteiger partial charge in [-0.05, 0) is 11.4 Å². The number of rotatable bonds is 3. The van der Waals surface area contributed by atoms with Crippen molar-refractivity contribution in [3.05, 3.63) is 10.4 Å². The third kappa shape index (κ3) is 3.50. The number of nitrogens with zero attached hydrogens (tertiary/aromatic N) is 3. The molecule has 0 N–H and O–H groups in total. The summed E-state index contributed by atoms with van der Waals surface area (Å²) in [6.45, 7) is 4.78. The Morgan fingerprint density at radius 3 is 2.75 bits per heavy atom. The minimum atomic E-state index is 0.533. The van der Waals surface area contributed by atoms with Gasteiger partial charge in [0.25, 0.3) is 0 Å². The zero-order chi connectivity index (χ0) is 6.41. The predicted octanol–water partition coefficient (Wildman–Crippen LogP) is 2.34. The summed E-state index contributed by atoms with van der Waals surface area (Å²) < 4.78 is 0. The van der Waals surface area contributed by atoms with Gasteiger partial charge in [0.15, 0.2) is 0 Å². The van der Waals surface area contributed by atoms with E-state index in [-0.39, 0.29) is 0 Å². The maximum absolute atomic E-state index is 7.87. The summed E-state index contributed by atoms with van der Waals surface area (Å²) in [5, 5.41) is 3.42. The van der Waals surface area contributed by atoms with Crippen LogP contribution in [0.1, 0.15) is 20.3 Å². The lowest BCUT2D eigenvalue weighted by Gasteiger charge is -1.99. The van der Waals surface area contributed by atoms with Crippen LogP contribution in [-0.2, 0) is 0 Å². The van der Waals surface area contributed by atoms with Crippen molar-refractivity contribution in [2.75, 3.05) is 6.54 Å². The van der Waals surface area contributed by atoms with Crippen molar-refractivity contribution < 1.29 is 0 Å². The largest absolute Gasteiger partial charge is 0.0937 e. The van der Waals surface area contributed by atoms with Crippen LogP contribution in [-0.4, -0.2) is 6.54 Å². The quantitative estimate of drug-likeness (QED) is 0.306. The lowest BCUT2D eigenvalue weighted by molar-refractivity contribution is 0.574. The van der Waals surface area contributed by atoms with Crippen molar-refractivity contribution in [1.82, 2.24) is 0 Å². The van der Waals surface area contributed by atoms with Gasteiger partial charge in [0.2, 0.25) is 0 Å². The van der Waals surface area contributed by atoms with E-state index in [1.165, 1.54) is 0 Å². The first kappa shape index (κ1) is 7.31. The third-order valence-corrected chi connectivity index (χ3v) is 1.15. The maximum atomic E-state index is 7.87. The van der Waals surface area contributed by atoms with Crippen LogP contribution in [0.2, 0.25) is 0 Å². The Hall–Kier alpha value is -0.690. The van der Waals surface area contributed by atoms with Crippen molar-refractivity contribution in [2.45, 2.75) is 20.3 Å². The fraction of sp³-hybridized carbons (Fsp3) is 1.00. The van der Waals surface area contributed by atoms with E-state index in [0.717, 1.165) is 6.42 Å². The number of azide groups is 1.